The summed E-state index contributed by atoms with van der Waals surface area (Å²) in [7, 11) is 0. The number of nitrogens with two attached hydrogens (primary N) is 1. The van der Waals surface area contributed by atoms with Crippen LogP contribution in [0.3, 0.4) is 0 Å². The molecule has 2 aromatic heterocycles. The molecule has 0 spiro atoms. The van der Waals surface area contributed by atoms with Gasteiger partial charge in [-0.25, -0.2) is 4.98 Å². The molecule has 2 aromatic rings. The summed E-state index contributed by atoms with van der Waals surface area (Å²) in [6.07, 6.45) is 6.27. The Kier molecular flexibility index (Phi) is 2.84. The Bertz CT molecular complexity index is 372. The van der Waals surface area contributed by atoms with Gasteiger partial charge in [-0.05, 0) is 18.9 Å². The summed E-state index contributed by atoms with van der Waals surface area (Å²) in [6, 6.07) is 0. The molecule has 2 heterocycles. The Labute approximate surface area is 87.6 Å². The van der Waals surface area contributed by atoms with E-state index in [0.717, 1.165) is 30.0 Å². The van der Waals surface area contributed by atoms with Crippen molar-refractivity contribution in [2.45, 2.75) is 19.8 Å². The summed E-state index contributed by atoms with van der Waals surface area (Å²) in [5.74, 6) is 0.569. The number of hydrogen-bond donors (Lipinski definition) is 1. The Morgan fingerprint density at radius 2 is 2.50 bits per heavy atom. The van der Waals surface area contributed by atoms with Crippen molar-refractivity contribution < 1.29 is 0 Å². The first kappa shape index (κ1) is 9.68. The molecule has 2 rings (SSSR count). The van der Waals surface area contributed by atoms with Crippen LogP contribution in [-0.4, -0.2) is 15.9 Å². The molecule has 0 aliphatic rings. The van der Waals surface area contributed by atoms with Crippen LogP contribution < -0.4 is 5.73 Å². The molecule has 0 bridgehead atoms. The van der Waals surface area contributed by atoms with Gasteiger partial charge in [0.05, 0.1) is 5.69 Å². The van der Waals surface area contributed by atoms with E-state index in [4.69, 9.17) is 5.73 Å². The number of rotatable bonds is 4. The zero-order valence-corrected chi connectivity index (χ0v) is 9.13. The Morgan fingerprint density at radius 1 is 1.64 bits per heavy atom. The maximum Gasteiger partial charge on any atom is 0.193 e. The van der Waals surface area contributed by atoms with Crippen LogP contribution in [-0.2, 0) is 6.42 Å². The van der Waals surface area contributed by atoms with E-state index in [1.807, 2.05) is 11.6 Å². The van der Waals surface area contributed by atoms with Crippen LogP contribution in [0.25, 0.3) is 4.96 Å². The van der Waals surface area contributed by atoms with E-state index < -0.39 is 0 Å². The zero-order valence-electron chi connectivity index (χ0n) is 8.31. The molecule has 0 saturated carbocycles. The van der Waals surface area contributed by atoms with E-state index in [1.54, 1.807) is 11.3 Å². The first-order chi connectivity index (χ1) is 6.83. The predicted molar refractivity (Wildman–Crippen MR) is 59.6 cm³/mol. The van der Waals surface area contributed by atoms with Gasteiger partial charge in [0.25, 0.3) is 0 Å². The van der Waals surface area contributed by atoms with Crippen molar-refractivity contribution in [1.82, 2.24) is 9.38 Å². The van der Waals surface area contributed by atoms with E-state index in [1.165, 1.54) is 0 Å². The summed E-state index contributed by atoms with van der Waals surface area (Å²) in [6.45, 7) is 2.93. The van der Waals surface area contributed by atoms with E-state index in [2.05, 4.69) is 22.5 Å². The summed E-state index contributed by atoms with van der Waals surface area (Å²) in [4.78, 5) is 5.61. The summed E-state index contributed by atoms with van der Waals surface area (Å²) in [5.41, 5.74) is 6.83. The number of imidazole rings is 1. The van der Waals surface area contributed by atoms with Gasteiger partial charge in [-0.2, -0.15) is 0 Å². The Hall–Kier alpha value is -0.870. The van der Waals surface area contributed by atoms with Gasteiger partial charge >= 0.3 is 0 Å². The highest BCUT2D eigenvalue weighted by molar-refractivity contribution is 7.15. The van der Waals surface area contributed by atoms with Crippen LogP contribution in [0.2, 0.25) is 0 Å². The number of aromatic nitrogens is 2. The highest BCUT2D eigenvalue weighted by atomic mass is 32.1. The van der Waals surface area contributed by atoms with Gasteiger partial charge in [0, 0.05) is 17.8 Å². The van der Waals surface area contributed by atoms with Gasteiger partial charge in [0.2, 0.25) is 0 Å². The normalized spacial score (nSPS) is 13.6. The number of fused-ring (bicyclic) bond motifs is 1. The van der Waals surface area contributed by atoms with Gasteiger partial charge in [-0.15, -0.1) is 11.3 Å². The maximum atomic E-state index is 5.67. The summed E-state index contributed by atoms with van der Waals surface area (Å²) < 4.78 is 2.07. The summed E-state index contributed by atoms with van der Waals surface area (Å²) in [5, 5.41) is 2.05. The largest absolute Gasteiger partial charge is 0.330 e. The molecule has 3 nitrogen and oxygen atoms in total. The van der Waals surface area contributed by atoms with Crippen molar-refractivity contribution in [2.75, 3.05) is 6.54 Å². The van der Waals surface area contributed by atoms with Crippen molar-refractivity contribution in [3.63, 3.8) is 0 Å². The molecular weight excluding hydrogens is 194 g/mol. The molecular formula is C10H15N3S. The quantitative estimate of drug-likeness (QED) is 0.836. The topological polar surface area (TPSA) is 43.3 Å². The lowest BCUT2D eigenvalue weighted by molar-refractivity contribution is 0.514. The van der Waals surface area contributed by atoms with Crippen LogP contribution in [0.1, 0.15) is 19.0 Å². The van der Waals surface area contributed by atoms with Crippen LogP contribution in [0.5, 0.6) is 0 Å². The monoisotopic (exact) mass is 209 g/mol. The molecule has 0 aliphatic heterocycles. The van der Waals surface area contributed by atoms with Crippen molar-refractivity contribution in [1.29, 1.82) is 0 Å². The van der Waals surface area contributed by atoms with Gasteiger partial charge in [-0.3, -0.25) is 4.40 Å². The smallest absolute Gasteiger partial charge is 0.193 e. The average Bonchev–Trinajstić information content (AvgIpc) is 2.73. The van der Waals surface area contributed by atoms with Crippen molar-refractivity contribution in [3.8, 4) is 0 Å². The third-order valence-corrected chi connectivity index (χ3v) is 3.32. The molecule has 0 aromatic carbocycles. The standard InChI is InChI=1S/C10H15N3S/c1-2-8(6-11)5-9-7-13-3-4-14-10(13)12-9/h3-4,7-8H,2,5-6,11H2,1H3. The average molecular weight is 209 g/mol. The predicted octanol–water partition coefficient (Wildman–Crippen LogP) is 1.92. The van der Waals surface area contributed by atoms with E-state index >= 15 is 0 Å². The molecule has 2 N–H and O–H groups in total. The second-order valence-electron chi connectivity index (χ2n) is 3.54. The lowest BCUT2D eigenvalue weighted by atomic mass is 10.0. The van der Waals surface area contributed by atoms with E-state index in [-0.39, 0.29) is 0 Å². The first-order valence-electron chi connectivity index (χ1n) is 4.94. The fraction of sp³-hybridized carbons (Fsp3) is 0.500. The number of nitrogens with zero attached hydrogens (tertiary/aromatic N) is 2. The molecule has 1 atom stereocenters. The molecule has 0 radical (unpaired) electrons. The second kappa shape index (κ2) is 4.11. The zero-order chi connectivity index (χ0) is 9.97. The maximum absolute atomic E-state index is 5.67. The minimum absolute atomic E-state index is 0.569. The van der Waals surface area contributed by atoms with Crippen molar-refractivity contribution >= 4 is 16.3 Å². The fourth-order valence-electron chi connectivity index (χ4n) is 1.56. The van der Waals surface area contributed by atoms with Gasteiger partial charge < -0.3 is 5.73 Å². The first-order valence-corrected chi connectivity index (χ1v) is 5.82. The summed E-state index contributed by atoms with van der Waals surface area (Å²) >= 11 is 1.67. The third-order valence-electron chi connectivity index (χ3n) is 2.55. The SMILES string of the molecule is CCC(CN)Cc1cn2ccsc2n1. The number of hydrogen-bond acceptors (Lipinski definition) is 3. The minimum Gasteiger partial charge on any atom is -0.330 e. The molecule has 76 valence electrons. The van der Waals surface area contributed by atoms with Crippen LogP contribution in [0.15, 0.2) is 17.8 Å². The lowest BCUT2D eigenvalue weighted by Gasteiger charge is -2.08. The minimum atomic E-state index is 0.569. The van der Waals surface area contributed by atoms with Crippen LogP contribution >= 0.6 is 11.3 Å². The molecule has 14 heavy (non-hydrogen) atoms. The lowest BCUT2D eigenvalue weighted by Crippen LogP contribution is -2.15. The molecule has 0 aliphatic carbocycles. The van der Waals surface area contributed by atoms with Crippen LogP contribution in [0.4, 0.5) is 0 Å². The van der Waals surface area contributed by atoms with Crippen LogP contribution in [0, 0.1) is 5.92 Å². The molecule has 0 amide bonds. The van der Waals surface area contributed by atoms with Crippen molar-refractivity contribution in [3.05, 3.63) is 23.5 Å². The van der Waals surface area contributed by atoms with Gasteiger partial charge in [0.15, 0.2) is 4.96 Å². The fourth-order valence-corrected chi connectivity index (χ4v) is 2.28. The molecule has 0 saturated heterocycles. The Balaban J connectivity index is 2.14. The van der Waals surface area contributed by atoms with Crippen molar-refractivity contribution in [2.24, 2.45) is 11.7 Å². The highest BCUT2D eigenvalue weighted by Crippen LogP contribution is 2.15. The Morgan fingerprint density at radius 3 is 3.14 bits per heavy atom. The third kappa shape index (κ3) is 1.81. The second-order valence-corrected chi connectivity index (χ2v) is 4.41. The van der Waals surface area contributed by atoms with E-state index in [0.29, 0.717) is 5.92 Å². The van der Waals surface area contributed by atoms with Gasteiger partial charge in [0.1, 0.15) is 0 Å². The van der Waals surface area contributed by atoms with Gasteiger partial charge in [-0.1, -0.05) is 13.3 Å². The highest BCUT2D eigenvalue weighted by Gasteiger charge is 2.08. The molecule has 0 fully saturated rings. The molecule has 4 heteroatoms. The number of thiazole rings is 1. The molecule has 1 unspecified atom stereocenters. The van der Waals surface area contributed by atoms with E-state index in [9.17, 15) is 0 Å².